The van der Waals surface area contributed by atoms with Gasteiger partial charge in [0.25, 0.3) is 0 Å². The summed E-state index contributed by atoms with van der Waals surface area (Å²) in [6.45, 7) is 6.50. The van der Waals surface area contributed by atoms with Crippen LogP contribution in [0.5, 0.6) is 0 Å². The fourth-order valence-corrected chi connectivity index (χ4v) is 3.15. The van der Waals surface area contributed by atoms with Crippen LogP contribution in [0.4, 0.5) is 26.3 Å². The van der Waals surface area contributed by atoms with E-state index in [0.29, 0.717) is 16.7 Å². The molecule has 0 heterocycles. The zero-order valence-electron chi connectivity index (χ0n) is 14.4. The third-order valence-corrected chi connectivity index (χ3v) is 5.08. The predicted molar refractivity (Wildman–Crippen MR) is 85.3 cm³/mol. The molecule has 6 heteroatoms. The Labute approximate surface area is 143 Å². The molecule has 1 aliphatic carbocycles. The molecule has 1 atom stereocenters. The minimum atomic E-state index is -5.52. The van der Waals surface area contributed by atoms with Crippen LogP contribution in [-0.2, 0) is 5.41 Å². The van der Waals surface area contributed by atoms with E-state index in [0.717, 1.165) is 24.3 Å². The molecule has 0 aliphatic heterocycles. The first-order valence-electron chi connectivity index (χ1n) is 7.92. The third kappa shape index (κ3) is 3.11. The molecule has 25 heavy (non-hydrogen) atoms. The number of benzene rings is 1. The van der Waals surface area contributed by atoms with Crippen molar-refractivity contribution in [2.75, 3.05) is 0 Å². The highest BCUT2D eigenvalue weighted by atomic mass is 19.4. The van der Waals surface area contributed by atoms with E-state index in [4.69, 9.17) is 0 Å². The summed E-state index contributed by atoms with van der Waals surface area (Å²) in [5, 5.41) is 0. The summed E-state index contributed by atoms with van der Waals surface area (Å²) in [6.07, 6.45) is -8.76. The second kappa shape index (κ2) is 6.22. The van der Waals surface area contributed by atoms with Gasteiger partial charge in [-0.1, -0.05) is 42.8 Å². The summed E-state index contributed by atoms with van der Waals surface area (Å²) in [7, 11) is 0. The molecule has 0 saturated heterocycles. The van der Waals surface area contributed by atoms with Gasteiger partial charge >= 0.3 is 12.4 Å². The molecule has 1 unspecified atom stereocenters. The first kappa shape index (κ1) is 19.6. The number of hydrogen-bond acceptors (Lipinski definition) is 0. The van der Waals surface area contributed by atoms with Gasteiger partial charge < -0.3 is 0 Å². The van der Waals surface area contributed by atoms with E-state index in [-0.39, 0.29) is 12.3 Å². The SMILES string of the molecule is CC1=CC(C(c2ccc(C)c(C)c2)(C(F)(F)F)C(F)(F)F)=CCC1C. The molecule has 0 fully saturated rings. The van der Waals surface area contributed by atoms with E-state index in [1.165, 1.54) is 13.0 Å². The lowest BCUT2D eigenvalue weighted by Crippen LogP contribution is -2.55. The summed E-state index contributed by atoms with van der Waals surface area (Å²) in [4.78, 5) is 0. The molecular weight excluding hydrogens is 342 g/mol. The number of hydrogen-bond donors (Lipinski definition) is 0. The molecule has 138 valence electrons. The van der Waals surface area contributed by atoms with Crippen molar-refractivity contribution >= 4 is 0 Å². The van der Waals surface area contributed by atoms with Crippen molar-refractivity contribution in [1.82, 2.24) is 0 Å². The molecule has 0 saturated carbocycles. The Balaban J connectivity index is 2.86. The average Bonchev–Trinajstić information content (AvgIpc) is 2.44. The highest BCUT2D eigenvalue weighted by Gasteiger charge is 2.73. The highest BCUT2D eigenvalue weighted by molar-refractivity contribution is 5.50. The van der Waals surface area contributed by atoms with Crippen molar-refractivity contribution in [3.05, 3.63) is 58.2 Å². The van der Waals surface area contributed by atoms with Crippen LogP contribution < -0.4 is 0 Å². The lowest BCUT2D eigenvalue weighted by Gasteiger charge is -2.40. The van der Waals surface area contributed by atoms with Crippen molar-refractivity contribution in [1.29, 1.82) is 0 Å². The Hall–Kier alpha value is -1.72. The second-order valence-corrected chi connectivity index (χ2v) is 6.73. The maximum Gasteiger partial charge on any atom is 0.411 e. The van der Waals surface area contributed by atoms with Crippen molar-refractivity contribution in [3.8, 4) is 0 Å². The van der Waals surface area contributed by atoms with Crippen LogP contribution in [-0.4, -0.2) is 12.4 Å². The number of alkyl halides is 6. The van der Waals surface area contributed by atoms with Gasteiger partial charge in [-0.3, -0.25) is 0 Å². The van der Waals surface area contributed by atoms with Crippen LogP contribution in [0.1, 0.15) is 37.0 Å². The Morgan fingerprint density at radius 2 is 1.44 bits per heavy atom. The van der Waals surface area contributed by atoms with E-state index < -0.39 is 28.9 Å². The molecule has 1 aromatic rings. The standard InChI is InChI=1S/C19H20F6/c1-11-5-7-15(9-13(11)3)17(18(20,21)22,19(23,24)25)16-8-6-12(2)14(4)10-16/h5,7-10,12H,6H2,1-4H3. The van der Waals surface area contributed by atoms with Gasteiger partial charge in [0.2, 0.25) is 5.41 Å². The lowest BCUT2D eigenvalue weighted by molar-refractivity contribution is -0.289. The molecule has 0 bridgehead atoms. The zero-order chi connectivity index (χ0) is 19.2. The summed E-state index contributed by atoms with van der Waals surface area (Å²) in [6, 6.07) is 3.24. The predicted octanol–water partition coefficient (Wildman–Crippen LogP) is 6.58. The summed E-state index contributed by atoms with van der Waals surface area (Å²) in [5.74, 6) is -0.0809. The normalized spacial score (nSPS) is 19.5. The molecule has 2 rings (SSSR count). The van der Waals surface area contributed by atoms with Crippen LogP contribution in [0, 0.1) is 19.8 Å². The molecule has 0 N–H and O–H groups in total. The van der Waals surface area contributed by atoms with Crippen molar-refractivity contribution in [3.63, 3.8) is 0 Å². The molecule has 0 spiro atoms. The van der Waals surface area contributed by atoms with Gasteiger partial charge in [0.1, 0.15) is 0 Å². The van der Waals surface area contributed by atoms with Gasteiger partial charge in [0.05, 0.1) is 0 Å². The Kier molecular flexibility index (Phi) is 4.88. The van der Waals surface area contributed by atoms with Crippen LogP contribution in [0.3, 0.4) is 0 Å². The third-order valence-electron chi connectivity index (χ3n) is 5.08. The Morgan fingerprint density at radius 3 is 1.88 bits per heavy atom. The van der Waals surface area contributed by atoms with E-state index in [9.17, 15) is 26.3 Å². The van der Waals surface area contributed by atoms with Crippen molar-refractivity contribution in [2.45, 2.75) is 51.9 Å². The lowest BCUT2D eigenvalue weighted by atomic mass is 9.69. The fourth-order valence-electron chi connectivity index (χ4n) is 3.15. The molecule has 0 nitrogen and oxygen atoms in total. The quantitative estimate of drug-likeness (QED) is 0.522. The van der Waals surface area contributed by atoms with Gasteiger partial charge in [0, 0.05) is 0 Å². The number of rotatable bonds is 2. The Bertz CT molecular complexity index is 704. The Morgan fingerprint density at radius 1 is 0.880 bits per heavy atom. The van der Waals surface area contributed by atoms with Gasteiger partial charge in [-0.15, -0.1) is 0 Å². The van der Waals surface area contributed by atoms with E-state index in [1.54, 1.807) is 20.8 Å². The van der Waals surface area contributed by atoms with E-state index in [2.05, 4.69) is 0 Å². The largest absolute Gasteiger partial charge is 0.411 e. The van der Waals surface area contributed by atoms with Crippen molar-refractivity contribution in [2.24, 2.45) is 5.92 Å². The fraction of sp³-hybridized carbons (Fsp3) is 0.474. The molecule has 1 aromatic carbocycles. The zero-order valence-corrected chi connectivity index (χ0v) is 14.4. The van der Waals surface area contributed by atoms with Crippen LogP contribution >= 0.6 is 0 Å². The summed E-state index contributed by atoms with van der Waals surface area (Å²) < 4.78 is 84.0. The monoisotopic (exact) mass is 362 g/mol. The molecule has 0 amide bonds. The maximum atomic E-state index is 14.0. The smallest absolute Gasteiger partial charge is 0.169 e. The first-order chi connectivity index (χ1) is 11.3. The van der Waals surface area contributed by atoms with E-state index in [1.807, 2.05) is 0 Å². The van der Waals surface area contributed by atoms with Gasteiger partial charge in [0.15, 0.2) is 0 Å². The molecule has 1 aliphatic rings. The van der Waals surface area contributed by atoms with Crippen LogP contribution in [0.15, 0.2) is 41.5 Å². The average molecular weight is 362 g/mol. The minimum Gasteiger partial charge on any atom is -0.169 e. The number of halogens is 6. The van der Waals surface area contributed by atoms with Crippen LogP contribution in [0.2, 0.25) is 0 Å². The summed E-state index contributed by atoms with van der Waals surface area (Å²) in [5.41, 5.74) is -4.02. The number of allylic oxidation sites excluding steroid dienone is 4. The van der Waals surface area contributed by atoms with Crippen LogP contribution in [0.25, 0.3) is 0 Å². The molecular formula is C19H20F6. The van der Waals surface area contributed by atoms with Gasteiger partial charge in [-0.25, -0.2) is 0 Å². The van der Waals surface area contributed by atoms with E-state index >= 15 is 0 Å². The topological polar surface area (TPSA) is 0 Å². The highest BCUT2D eigenvalue weighted by Crippen LogP contribution is 2.57. The minimum absolute atomic E-state index is 0.0809. The van der Waals surface area contributed by atoms with Gasteiger partial charge in [-0.05, 0) is 55.4 Å². The number of aryl methyl sites for hydroxylation is 2. The molecule has 0 radical (unpaired) electrons. The van der Waals surface area contributed by atoms with Crippen molar-refractivity contribution < 1.29 is 26.3 Å². The maximum absolute atomic E-state index is 14.0. The van der Waals surface area contributed by atoms with Gasteiger partial charge in [-0.2, -0.15) is 26.3 Å². The second-order valence-electron chi connectivity index (χ2n) is 6.73. The molecule has 0 aromatic heterocycles. The summed E-state index contributed by atoms with van der Waals surface area (Å²) >= 11 is 0. The first-order valence-corrected chi connectivity index (χ1v) is 7.92.